The third kappa shape index (κ3) is 11.1. The van der Waals surface area contributed by atoms with Crippen LogP contribution in [-0.2, 0) is 0 Å². The van der Waals surface area contributed by atoms with Gasteiger partial charge in [0, 0.05) is 16.4 Å². The van der Waals surface area contributed by atoms with Gasteiger partial charge in [0.25, 0.3) is 0 Å². The van der Waals surface area contributed by atoms with Crippen LogP contribution in [0.5, 0.6) is 0 Å². The third-order valence-electron chi connectivity index (χ3n) is 8.93. The Kier molecular flexibility index (Phi) is 13.5. The first-order chi connectivity index (χ1) is 20.0. The SMILES string of the molecule is CC(C#CC1=C(C)CC(O)CC1(C)C)=CC=CC(C)CC=CCC(C)C=CC=C(C)C=CC1(O)C(C)=CC(O)CC1(C)C. The minimum atomic E-state index is -1.06. The number of rotatable bonds is 10. The van der Waals surface area contributed by atoms with Gasteiger partial charge in [-0.2, -0.15) is 0 Å². The van der Waals surface area contributed by atoms with Gasteiger partial charge in [-0.05, 0) is 88.9 Å². The molecule has 0 fully saturated rings. The van der Waals surface area contributed by atoms with Crippen molar-refractivity contribution in [3.05, 3.63) is 94.7 Å². The lowest BCUT2D eigenvalue weighted by Crippen LogP contribution is -2.48. The Morgan fingerprint density at radius 1 is 0.953 bits per heavy atom. The van der Waals surface area contributed by atoms with Crippen LogP contribution in [0, 0.1) is 34.5 Å². The highest BCUT2D eigenvalue weighted by Crippen LogP contribution is 2.45. The van der Waals surface area contributed by atoms with Crippen molar-refractivity contribution in [1.29, 1.82) is 0 Å². The Bertz CT molecular complexity index is 1260. The van der Waals surface area contributed by atoms with Crippen LogP contribution in [0.1, 0.15) is 101 Å². The summed E-state index contributed by atoms with van der Waals surface area (Å²) in [5.74, 6) is 7.59. The Hall–Kier alpha value is -2.64. The first kappa shape index (κ1) is 36.6. The average Bonchev–Trinajstić information content (AvgIpc) is 2.87. The van der Waals surface area contributed by atoms with Gasteiger partial charge in [0.05, 0.1) is 12.2 Å². The maximum Gasteiger partial charge on any atom is 0.109 e. The maximum atomic E-state index is 11.3. The Morgan fingerprint density at radius 3 is 2.09 bits per heavy atom. The summed E-state index contributed by atoms with van der Waals surface area (Å²) in [5, 5.41) is 31.5. The number of aliphatic hydroxyl groups excluding tert-OH is 2. The summed E-state index contributed by atoms with van der Waals surface area (Å²) < 4.78 is 0. The van der Waals surface area contributed by atoms with Crippen molar-refractivity contribution >= 4 is 0 Å². The molecule has 0 heterocycles. The molecule has 0 bridgehead atoms. The lowest BCUT2D eigenvalue weighted by molar-refractivity contribution is -0.0292. The number of hydrogen-bond acceptors (Lipinski definition) is 3. The third-order valence-corrected chi connectivity index (χ3v) is 8.93. The van der Waals surface area contributed by atoms with Gasteiger partial charge in [-0.3, -0.25) is 0 Å². The van der Waals surface area contributed by atoms with Crippen LogP contribution >= 0.6 is 0 Å². The molecule has 2 rings (SSSR count). The van der Waals surface area contributed by atoms with E-state index in [2.05, 4.69) is 102 Å². The van der Waals surface area contributed by atoms with Crippen LogP contribution in [0.15, 0.2) is 94.7 Å². The van der Waals surface area contributed by atoms with Crippen LogP contribution in [0.25, 0.3) is 0 Å². The normalized spacial score (nSPS) is 28.1. The second-order valence-corrected chi connectivity index (χ2v) is 14.4. The molecule has 5 atom stereocenters. The largest absolute Gasteiger partial charge is 0.393 e. The Morgan fingerprint density at radius 2 is 1.53 bits per heavy atom. The van der Waals surface area contributed by atoms with E-state index in [0.717, 1.165) is 42.4 Å². The molecule has 0 saturated heterocycles. The molecule has 3 N–H and O–H groups in total. The van der Waals surface area contributed by atoms with Gasteiger partial charge in [0.1, 0.15) is 5.60 Å². The van der Waals surface area contributed by atoms with Gasteiger partial charge in [-0.1, -0.05) is 125 Å². The van der Waals surface area contributed by atoms with E-state index in [9.17, 15) is 15.3 Å². The van der Waals surface area contributed by atoms with Crippen LogP contribution in [0.3, 0.4) is 0 Å². The smallest absolute Gasteiger partial charge is 0.109 e. The fourth-order valence-electron chi connectivity index (χ4n) is 6.19. The number of allylic oxidation sites excluding steroid dienone is 12. The van der Waals surface area contributed by atoms with E-state index in [-0.39, 0.29) is 11.5 Å². The molecule has 0 aromatic heterocycles. The summed E-state index contributed by atoms with van der Waals surface area (Å²) in [6.45, 7) is 20.9. The van der Waals surface area contributed by atoms with Crippen LogP contribution in [0.4, 0.5) is 0 Å². The molecule has 0 spiro atoms. The molecule has 3 heteroatoms. The molecule has 3 nitrogen and oxygen atoms in total. The van der Waals surface area contributed by atoms with Crippen molar-refractivity contribution < 1.29 is 15.3 Å². The molecule has 0 saturated carbocycles. The van der Waals surface area contributed by atoms with E-state index in [1.165, 1.54) is 11.1 Å². The first-order valence-corrected chi connectivity index (χ1v) is 16.0. The molecule has 0 aromatic rings. The zero-order chi connectivity index (χ0) is 32.4. The summed E-state index contributed by atoms with van der Waals surface area (Å²) in [6, 6.07) is 0. The maximum absolute atomic E-state index is 11.3. The van der Waals surface area contributed by atoms with Crippen molar-refractivity contribution in [3.63, 3.8) is 0 Å². The quantitative estimate of drug-likeness (QED) is 0.136. The fourth-order valence-corrected chi connectivity index (χ4v) is 6.19. The fraction of sp³-hybridized carbons (Fsp3) is 0.550. The van der Waals surface area contributed by atoms with E-state index in [1.807, 2.05) is 39.8 Å². The van der Waals surface area contributed by atoms with Crippen molar-refractivity contribution in [2.24, 2.45) is 22.7 Å². The van der Waals surface area contributed by atoms with Crippen molar-refractivity contribution in [1.82, 2.24) is 0 Å². The molecular formula is C40H58O3. The number of hydrogen-bond donors (Lipinski definition) is 3. The van der Waals surface area contributed by atoms with Crippen LogP contribution in [-0.4, -0.2) is 33.1 Å². The number of aliphatic hydroxyl groups is 3. The average molecular weight is 587 g/mol. The molecule has 236 valence electrons. The van der Waals surface area contributed by atoms with Crippen LogP contribution < -0.4 is 0 Å². The van der Waals surface area contributed by atoms with Gasteiger partial charge in [-0.15, -0.1) is 0 Å². The standard InChI is InChI=1S/C40H58O3/c1-29(17-13-19-31(3)21-22-37-33(5)25-35(41)27-38(37,7)8)15-11-12-16-30(2)18-14-20-32(4)23-24-40(43)34(6)26-36(42)28-39(40,9)10/h11-14,17-20,23-24,26,29-30,35-36,41-43H,15-16,25,27-28H2,1-10H3. The predicted octanol–water partition coefficient (Wildman–Crippen LogP) is 9.13. The molecule has 0 aromatic carbocycles. The lowest BCUT2D eigenvalue weighted by atomic mass is 9.64. The van der Waals surface area contributed by atoms with E-state index in [4.69, 9.17) is 0 Å². The van der Waals surface area contributed by atoms with E-state index < -0.39 is 17.1 Å². The molecule has 0 amide bonds. The molecule has 5 unspecified atom stereocenters. The van der Waals surface area contributed by atoms with Gasteiger partial charge in [0.2, 0.25) is 0 Å². The monoisotopic (exact) mass is 586 g/mol. The topological polar surface area (TPSA) is 60.7 Å². The first-order valence-electron chi connectivity index (χ1n) is 16.0. The molecule has 43 heavy (non-hydrogen) atoms. The molecule has 2 aliphatic rings. The van der Waals surface area contributed by atoms with Crippen molar-refractivity contribution in [3.8, 4) is 11.8 Å². The zero-order valence-electron chi connectivity index (χ0n) is 28.5. The molecular weight excluding hydrogens is 528 g/mol. The van der Waals surface area contributed by atoms with E-state index in [0.29, 0.717) is 18.3 Å². The second-order valence-electron chi connectivity index (χ2n) is 14.4. The second kappa shape index (κ2) is 15.9. The summed E-state index contributed by atoms with van der Waals surface area (Å²) in [5.41, 5.74) is 3.72. The highest BCUT2D eigenvalue weighted by Gasteiger charge is 2.46. The summed E-state index contributed by atoms with van der Waals surface area (Å²) in [6.07, 6.45) is 26.2. The highest BCUT2D eigenvalue weighted by atomic mass is 16.3. The molecule has 2 aliphatic carbocycles. The van der Waals surface area contributed by atoms with Gasteiger partial charge in [0.15, 0.2) is 0 Å². The van der Waals surface area contributed by atoms with Crippen molar-refractivity contribution in [2.45, 2.75) is 119 Å². The van der Waals surface area contributed by atoms with Gasteiger partial charge in [-0.25, -0.2) is 0 Å². The Labute approximate surface area is 263 Å². The van der Waals surface area contributed by atoms with Gasteiger partial charge < -0.3 is 15.3 Å². The van der Waals surface area contributed by atoms with Gasteiger partial charge >= 0.3 is 0 Å². The highest BCUT2D eigenvalue weighted by molar-refractivity contribution is 5.44. The minimum Gasteiger partial charge on any atom is -0.393 e. The zero-order valence-corrected chi connectivity index (χ0v) is 28.5. The summed E-state index contributed by atoms with van der Waals surface area (Å²) in [7, 11) is 0. The predicted molar refractivity (Wildman–Crippen MR) is 184 cm³/mol. The Balaban J connectivity index is 1.82. The van der Waals surface area contributed by atoms with Crippen molar-refractivity contribution in [2.75, 3.05) is 0 Å². The minimum absolute atomic E-state index is 0.0774. The lowest BCUT2D eigenvalue weighted by Gasteiger charge is -2.46. The van der Waals surface area contributed by atoms with E-state index in [1.54, 1.807) is 6.08 Å². The van der Waals surface area contributed by atoms with Crippen LogP contribution in [0.2, 0.25) is 0 Å². The summed E-state index contributed by atoms with van der Waals surface area (Å²) >= 11 is 0. The molecule has 0 radical (unpaired) electrons. The molecule has 0 aliphatic heterocycles. The summed E-state index contributed by atoms with van der Waals surface area (Å²) in [4.78, 5) is 0. The van der Waals surface area contributed by atoms with E-state index >= 15 is 0 Å².